The number of ether oxygens (including phenoxy) is 3. The SMILES string of the molecule is COC1CCC2C3NCCC4C5CC(O[C@@H](C)C(=O)NCCCC6CCCCC6)CCC5N(C(=O)C2C1OC)C43. The number of rotatable bonds is 9. The second-order valence-corrected chi connectivity index (χ2v) is 13.8. The summed E-state index contributed by atoms with van der Waals surface area (Å²) in [5.41, 5.74) is 0. The lowest BCUT2D eigenvalue weighted by Crippen LogP contribution is -2.70. The molecule has 0 spiro atoms. The number of hydrogen-bond donors (Lipinski definition) is 2. The molecule has 0 bridgehead atoms. The summed E-state index contributed by atoms with van der Waals surface area (Å²) in [5, 5.41) is 7.00. The fourth-order valence-electron chi connectivity index (χ4n) is 10.0. The molecule has 0 aromatic heterocycles. The third-order valence-electron chi connectivity index (χ3n) is 11.8. The first-order valence-corrected chi connectivity index (χ1v) is 16.6. The van der Waals surface area contributed by atoms with Crippen LogP contribution >= 0.6 is 0 Å². The van der Waals surface area contributed by atoms with Gasteiger partial charge in [0.15, 0.2) is 0 Å². The molecular formula is C32H53N3O5. The van der Waals surface area contributed by atoms with Gasteiger partial charge >= 0.3 is 0 Å². The fourth-order valence-corrected chi connectivity index (χ4v) is 10.0. The normalized spacial score (nSPS) is 42.1. The first-order valence-electron chi connectivity index (χ1n) is 16.6. The third-order valence-corrected chi connectivity index (χ3v) is 11.8. The topological polar surface area (TPSA) is 89.1 Å². The number of carbonyl (C=O) groups is 2. The molecule has 3 saturated heterocycles. The molecule has 226 valence electrons. The molecular weight excluding hydrogens is 506 g/mol. The van der Waals surface area contributed by atoms with Gasteiger partial charge in [-0.1, -0.05) is 32.1 Å². The minimum Gasteiger partial charge on any atom is -0.379 e. The van der Waals surface area contributed by atoms with Crippen molar-refractivity contribution in [3.8, 4) is 0 Å². The molecule has 6 rings (SSSR count). The Morgan fingerprint density at radius 2 is 1.82 bits per heavy atom. The zero-order chi connectivity index (χ0) is 27.8. The van der Waals surface area contributed by atoms with Crippen LogP contribution < -0.4 is 10.6 Å². The molecule has 40 heavy (non-hydrogen) atoms. The number of piperidine rings is 2. The van der Waals surface area contributed by atoms with Crippen molar-refractivity contribution in [1.82, 2.24) is 15.5 Å². The molecule has 10 unspecified atom stereocenters. The molecule has 8 heteroatoms. The van der Waals surface area contributed by atoms with E-state index in [4.69, 9.17) is 14.2 Å². The summed E-state index contributed by atoms with van der Waals surface area (Å²) in [4.78, 5) is 29.4. The van der Waals surface area contributed by atoms with Gasteiger partial charge in [-0.2, -0.15) is 0 Å². The summed E-state index contributed by atoms with van der Waals surface area (Å²) < 4.78 is 18.1. The predicted octanol–water partition coefficient (Wildman–Crippen LogP) is 3.66. The van der Waals surface area contributed by atoms with Crippen LogP contribution in [0.2, 0.25) is 0 Å². The second-order valence-electron chi connectivity index (χ2n) is 13.8. The number of hydrogen-bond acceptors (Lipinski definition) is 6. The Bertz CT molecular complexity index is 896. The van der Waals surface area contributed by atoms with E-state index in [1.54, 1.807) is 14.2 Å². The first kappa shape index (κ1) is 28.9. The van der Waals surface area contributed by atoms with Crippen LogP contribution in [-0.4, -0.2) is 86.6 Å². The van der Waals surface area contributed by atoms with Crippen LogP contribution in [0.3, 0.4) is 0 Å². The zero-order valence-corrected chi connectivity index (χ0v) is 25.0. The molecule has 0 radical (unpaired) electrons. The Balaban J connectivity index is 1.06. The van der Waals surface area contributed by atoms with E-state index in [9.17, 15) is 9.59 Å². The van der Waals surface area contributed by atoms with Crippen molar-refractivity contribution >= 4 is 11.8 Å². The zero-order valence-electron chi connectivity index (χ0n) is 25.0. The molecule has 6 fully saturated rings. The number of methoxy groups -OCH3 is 2. The molecule has 6 aliphatic rings. The lowest BCUT2D eigenvalue weighted by atomic mass is 9.64. The maximum Gasteiger partial charge on any atom is 0.248 e. The Hall–Kier alpha value is -1.22. The van der Waals surface area contributed by atoms with Gasteiger partial charge in [-0.15, -0.1) is 0 Å². The van der Waals surface area contributed by atoms with Crippen LogP contribution in [0.1, 0.15) is 90.4 Å². The molecule has 3 saturated carbocycles. The number of amides is 2. The quantitative estimate of drug-likeness (QED) is 0.419. The van der Waals surface area contributed by atoms with E-state index in [-0.39, 0.29) is 42.2 Å². The maximum absolute atomic E-state index is 14.2. The standard InChI is InChI=1S/C32H53N3O5/c1-19(31(36)34-16-7-10-20-8-5-4-6-9-20)40-21-11-13-25-24(18-21)22-15-17-33-28-23-12-14-26(38-2)30(39-3)27(23)32(37)35(25)29(22)28/h19-30,33H,4-18H2,1-3H3,(H,34,36)/t19-,21?,22?,23?,24?,25?,26?,27?,28?,29?,30?/m0/s1. The number of nitrogens with one attached hydrogen (secondary N) is 2. The van der Waals surface area contributed by atoms with Gasteiger partial charge in [0.2, 0.25) is 11.8 Å². The highest BCUT2D eigenvalue weighted by atomic mass is 16.5. The Kier molecular flexibility index (Phi) is 9.07. The van der Waals surface area contributed by atoms with Gasteiger partial charge < -0.3 is 29.7 Å². The summed E-state index contributed by atoms with van der Waals surface area (Å²) in [6.45, 7) is 3.67. The fraction of sp³-hybridized carbons (Fsp3) is 0.938. The lowest BCUT2D eigenvalue weighted by molar-refractivity contribution is -0.175. The van der Waals surface area contributed by atoms with E-state index in [0.29, 0.717) is 29.7 Å². The summed E-state index contributed by atoms with van der Waals surface area (Å²) in [6, 6.07) is 0.882. The van der Waals surface area contributed by atoms with E-state index in [2.05, 4.69) is 15.5 Å². The van der Waals surface area contributed by atoms with Crippen LogP contribution in [0.15, 0.2) is 0 Å². The molecule has 11 atom stereocenters. The molecule has 2 amide bonds. The number of carbonyl (C=O) groups excluding carboxylic acids is 2. The molecule has 2 N–H and O–H groups in total. The van der Waals surface area contributed by atoms with Crippen LogP contribution in [0, 0.1) is 29.6 Å². The Morgan fingerprint density at radius 3 is 2.60 bits per heavy atom. The summed E-state index contributed by atoms with van der Waals surface area (Å²) in [7, 11) is 3.48. The van der Waals surface area contributed by atoms with E-state index < -0.39 is 6.10 Å². The smallest absolute Gasteiger partial charge is 0.248 e. The highest BCUT2D eigenvalue weighted by Gasteiger charge is 2.64. The molecule has 0 aromatic rings. The van der Waals surface area contributed by atoms with E-state index in [0.717, 1.165) is 64.0 Å². The highest BCUT2D eigenvalue weighted by Crippen LogP contribution is 2.54. The van der Waals surface area contributed by atoms with Crippen LogP contribution in [-0.2, 0) is 23.8 Å². The maximum atomic E-state index is 14.2. The summed E-state index contributed by atoms with van der Waals surface area (Å²) >= 11 is 0. The average Bonchev–Trinajstić information content (AvgIpc) is 3.32. The minimum atomic E-state index is -0.432. The van der Waals surface area contributed by atoms with E-state index in [1.807, 2.05) is 6.92 Å². The van der Waals surface area contributed by atoms with Gasteiger partial charge in [0, 0.05) is 32.8 Å². The van der Waals surface area contributed by atoms with Gasteiger partial charge in [-0.25, -0.2) is 0 Å². The number of fused-ring (bicyclic) bond motifs is 5. The highest BCUT2D eigenvalue weighted by molar-refractivity contribution is 5.83. The Labute approximate surface area is 241 Å². The van der Waals surface area contributed by atoms with Crippen LogP contribution in [0.5, 0.6) is 0 Å². The van der Waals surface area contributed by atoms with Crippen molar-refractivity contribution in [2.75, 3.05) is 27.3 Å². The van der Waals surface area contributed by atoms with E-state index in [1.165, 1.54) is 38.5 Å². The van der Waals surface area contributed by atoms with Gasteiger partial charge in [-0.3, -0.25) is 9.59 Å². The van der Waals surface area contributed by atoms with Crippen molar-refractivity contribution < 1.29 is 23.8 Å². The monoisotopic (exact) mass is 559 g/mol. The molecule has 3 aliphatic carbocycles. The Morgan fingerprint density at radius 1 is 1.00 bits per heavy atom. The molecule has 8 nitrogen and oxygen atoms in total. The third kappa shape index (κ3) is 5.35. The molecule has 3 heterocycles. The second kappa shape index (κ2) is 12.6. The van der Waals surface area contributed by atoms with Crippen LogP contribution in [0.25, 0.3) is 0 Å². The van der Waals surface area contributed by atoms with Gasteiger partial charge in [0.05, 0.1) is 30.3 Å². The van der Waals surface area contributed by atoms with Crippen molar-refractivity contribution in [2.24, 2.45) is 29.6 Å². The van der Waals surface area contributed by atoms with Crippen molar-refractivity contribution in [3.05, 3.63) is 0 Å². The van der Waals surface area contributed by atoms with Crippen molar-refractivity contribution in [3.63, 3.8) is 0 Å². The summed E-state index contributed by atoms with van der Waals surface area (Å²) in [6.07, 6.45) is 14.5. The van der Waals surface area contributed by atoms with E-state index >= 15 is 0 Å². The minimum absolute atomic E-state index is 0.0198. The van der Waals surface area contributed by atoms with Gasteiger partial charge in [-0.05, 0) is 88.5 Å². The average molecular weight is 560 g/mol. The van der Waals surface area contributed by atoms with Crippen molar-refractivity contribution in [1.29, 1.82) is 0 Å². The van der Waals surface area contributed by atoms with Gasteiger partial charge in [0.25, 0.3) is 0 Å². The molecule has 3 aliphatic heterocycles. The number of nitrogens with zero attached hydrogens (tertiary/aromatic N) is 1. The van der Waals surface area contributed by atoms with Crippen molar-refractivity contribution in [2.45, 2.75) is 133 Å². The lowest BCUT2D eigenvalue weighted by Gasteiger charge is -2.55. The van der Waals surface area contributed by atoms with Gasteiger partial charge in [0.1, 0.15) is 6.10 Å². The first-order chi connectivity index (χ1) is 19.5. The van der Waals surface area contributed by atoms with Crippen LogP contribution in [0.4, 0.5) is 0 Å². The molecule has 0 aromatic carbocycles. The predicted molar refractivity (Wildman–Crippen MR) is 153 cm³/mol. The largest absolute Gasteiger partial charge is 0.379 e. The summed E-state index contributed by atoms with van der Waals surface area (Å²) in [5.74, 6) is 2.30.